The van der Waals surface area contributed by atoms with Crippen molar-refractivity contribution >= 4 is 29.1 Å². The molecular formula is C12H13ClFNOS. The Bertz CT molecular complexity index is 421. The predicted octanol–water partition coefficient (Wildman–Crippen LogP) is 2.76. The first-order valence-corrected chi connectivity index (χ1v) is 6.99. The molecule has 92 valence electrons. The molecule has 0 spiro atoms. The summed E-state index contributed by atoms with van der Waals surface area (Å²) in [6.07, 6.45) is 0.371. The molecular weight excluding hydrogens is 261 g/mol. The molecule has 1 atom stereocenters. The van der Waals surface area contributed by atoms with Gasteiger partial charge in [-0.15, -0.1) is 0 Å². The summed E-state index contributed by atoms with van der Waals surface area (Å²) in [4.78, 5) is 12.0. The number of Topliss-reactive ketones (excluding diaryl/α,β-unsaturated/α-hetero) is 1. The fraction of sp³-hybridized carbons (Fsp3) is 0.417. The Kier molecular flexibility index (Phi) is 4.42. The van der Waals surface area contributed by atoms with Crippen molar-refractivity contribution in [1.29, 1.82) is 0 Å². The summed E-state index contributed by atoms with van der Waals surface area (Å²) in [5, 5.41) is 3.59. The third-order valence-electron chi connectivity index (χ3n) is 2.66. The molecule has 1 saturated heterocycles. The molecule has 0 amide bonds. The molecule has 2 rings (SSSR count). The van der Waals surface area contributed by atoms with Gasteiger partial charge in [-0.2, -0.15) is 11.8 Å². The Balaban J connectivity index is 2.05. The Labute approximate surface area is 109 Å². The fourth-order valence-electron chi connectivity index (χ4n) is 1.80. The molecule has 1 unspecified atom stereocenters. The van der Waals surface area contributed by atoms with Gasteiger partial charge in [0.1, 0.15) is 5.82 Å². The second-order valence-corrected chi connectivity index (χ2v) is 5.53. The van der Waals surface area contributed by atoms with Crippen LogP contribution in [-0.4, -0.2) is 29.9 Å². The Morgan fingerprint density at radius 1 is 1.59 bits per heavy atom. The highest BCUT2D eigenvalue weighted by atomic mass is 35.5. The number of hydrogen-bond donors (Lipinski definition) is 1. The van der Waals surface area contributed by atoms with Gasteiger partial charge in [-0.3, -0.25) is 4.79 Å². The van der Waals surface area contributed by atoms with Crippen LogP contribution in [0.1, 0.15) is 16.8 Å². The average molecular weight is 274 g/mol. The number of ketones is 1. The van der Waals surface area contributed by atoms with Crippen LogP contribution in [0, 0.1) is 5.82 Å². The van der Waals surface area contributed by atoms with Crippen molar-refractivity contribution in [1.82, 2.24) is 5.32 Å². The number of rotatable bonds is 3. The lowest BCUT2D eigenvalue weighted by Crippen LogP contribution is -2.38. The van der Waals surface area contributed by atoms with Gasteiger partial charge in [0.15, 0.2) is 5.78 Å². The number of carbonyl (C=O) groups excluding carboxylic acids is 1. The van der Waals surface area contributed by atoms with E-state index in [9.17, 15) is 9.18 Å². The van der Waals surface area contributed by atoms with E-state index >= 15 is 0 Å². The van der Waals surface area contributed by atoms with Crippen LogP contribution < -0.4 is 5.32 Å². The van der Waals surface area contributed by atoms with Crippen molar-refractivity contribution in [2.75, 3.05) is 18.1 Å². The molecule has 2 nitrogen and oxygen atoms in total. The molecule has 0 aromatic heterocycles. The van der Waals surface area contributed by atoms with Crippen molar-refractivity contribution in [3.05, 3.63) is 34.6 Å². The zero-order valence-corrected chi connectivity index (χ0v) is 10.8. The van der Waals surface area contributed by atoms with Gasteiger partial charge < -0.3 is 5.32 Å². The molecule has 5 heteroatoms. The van der Waals surface area contributed by atoms with Crippen molar-refractivity contribution in [2.24, 2.45) is 0 Å². The maximum absolute atomic E-state index is 13.1. The minimum atomic E-state index is -0.427. The standard InChI is InChI=1S/C12H13ClFNOS/c13-11-2-1-8(14)5-10(11)12(16)6-9-7-17-4-3-15-9/h1-2,5,9,15H,3-4,6-7H2. The van der Waals surface area contributed by atoms with Gasteiger partial charge in [-0.05, 0) is 18.2 Å². The normalized spacial score (nSPS) is 20.2. The van der Waals surface area contributed by atoms with Crippen LogP contribution in [0.15, 0.2) is 18.2 Å². The smallest absolute Gasteiger partial charge is 0.166 e. The topological polar surface area (TPSA) is 29.1 Å². The van der Waals surface area contributed by atoms with Crippen LogP contribution >= 0.6 is 23.4 Å². The van der Waals surface area contributed by atoms with E-state index in [-0.39, 0.29) is 17.4 Å². The summed E-state index contributed by atoms with van der Waals surface area (Å²) in [5.74, 6) is 1.46. The van der Waals surface area contributed by atoms with Crippen LogP contribution in [-0.2, 0) is 0 Å². The molecule has 0 bridgehead atoms. The SMILES string of the molecule is O=C(CC1CSCCN1)c1cc(F)ccc1Cl. The minimum absolute atomic E-state index is 0.102. The summed E-state index contributed by atoms with van der Waals surface area (Å²) >= 11 is 7.72. The molecule has 0 saturated carbocycles. The summed E-state index contributed by atoms with van der Waals surface area (Å²) in [7, 11) is 0. The third-order valence-corrected chi connectivity index (χ3v) is 4.12. The molecule has 0 radical (unpaired) electrons. The molecule has 0 aliphatic carbocycles. The van der Waals surface area contributed by atoms with E-state index in [4.69, 9.17) is 11.6 Å². The average Bonchev–Trinajstić information content (AvgIpc) is 2.33. The lowest BCUT2D eigenvalue weighted by molar-refractivity contribution is 0.0971. The van der Waals surface area contributed by atoms with E-state index in [1.807, 2.05) is 11.8 Å². The number of nitrogens with one attached hydrogen (secondary N) is 1. The van der Waals surface area contributed by atoms with Gasteiger partial charge in [0, 0.05) is 36.1 Å². The van der Waals surface area contributed by atoms with Crippen molar-refractivity contribution in [3.8, 4) is 0 Å². The molecule has 1 aromatic carbocycles. The van der Waals surface area contributed by atoms with E-state index in [1.165, 1.54) is 18.2 Å². The number of thioether (sulfide) groups is 1. The largest absolute Gasteiger partial charge is 0.312 e. The van der Waals surface area contributed by atoms with Crippen LogP contribution in [0.5, 0.6) is 0 Å². The number of halogens is 2. The summed E-state index contributed by atoms with van der Waals surface area (Å²) < 4.78 is 13.1. The highest BCUT2D eigenvalue weighted by Crippen LogP contribution is 2.20. The summed E-state index contributed by atoms with van der Waals surface area (Å²) in [6, 6.07) is 4.06. The fourth-order valence-corrected chi connectivity index (χ4v) is 2.97. The molecule has 1 fully saturated rings. The number of hydrogen-bond acceptors (Lipinski definition) is 3. The monoisotopic (exact) mass is 273 g/mol. The first kappa shape index (κ1) is 12.9. The quantitative estimate of drug-likeness (QED) is 0.859. The molecule has 1 aliphatic heterocycles. The summed E-state index contributed by atoms with van der Waals surface area (Å²) in [6.45, 7) is 0.916. The van der Waals surface area contributed by atoms with E-state index in [2.05, 4.69) is 5.32 Å². The summed E-state index contributed by atoms with van der Waals surface area (Å²) in [5.41, 5.74) is 0.282. The van der Waals surface area contributed by atoms with Gasteiger partial charge in [-0.1, -0.05) is 11.6 Å². The highest BCUT2D eigenvalue weighted by molar-refractivity contribution is 7.99. The first-order chi connectivity index (χ1) is 8.16. The second-order valence-electron chi connectivity index (χ2n) is 3.98. The maximum Gasteiger partial charge on any atom is 0.166 e. The van der Waals surface area contributed by atoms with Crippen molar-refractivity contribution in [2.45, 2.75) is 12.5 Å². The molecule has 17 heavy (non-hydrogen) atoms. The number of benzene rings is 1. The van der Waals surface area contributed by atoms with Crippen LogP contribution in [0.2, 0.25) is 5.02 Å². The zero-order valence-electron chi connectivity index (χ0n) is 9.21. The second kappa shape index (κ2) is 5.85. The van der Waals surface area contributed by atoms with Gasteiger partial charge in [0.25, 0.3) is 0 Å². The van der Waals surface area contributed by atoms with E-state index in [0.29, 0.717) is 11.4 Å². The molecule has 1 aliphatic rings. The van der Waals surface area contributed by atoms with Crippen molar-refractivity contribution in [3.63, 3.8) is 0 Å². The highest BCUT2D eigenvalue weighted by Gasteiger charge is 2.19. The van der Waals surface area contributed by atoms with E-state index in [0.717, 1.165) is 18.1 Å². The van der Waals surface area contributed by atoms with Gasteiger partial charge >= 0.3 is 0 Å². The predicted molar refractivity (Wildman–Crippen MR) is 69.5 cm³/mol. The minimum Gasteiger partial charge on any atom is -0.312 e. The Hall–Kier alpha value is -0.580. The first-order valence-electron chi connectivity index (χ1n) is 5.46. The zero-order chi connectivity index (χ0) is 12.3. The van der Waals surface area contributed by atoms with Crippen molar-refractivity contribution < 1.29 is 9.18 Å². The van der Waals surface area contributed by atoms with Crippen LogP contribution in [0.3, 0.4) is 0 Å². The van der Waals surface area contributed by atoms with Gasteiger partial charge in [0.2, 0.25) is 0 Å². The molecule has 1 aromatic rings. The molecule has 1 heterocycles. The van der Waals surface area contributed by atoms with Gasteiger partial charge in [-0.25, -0.2) is 4.39 Å². The number of carbonyl (C=O) groups is 1. The Morgan fingerprint density at radius 2 is 2.41 bits per heavy atom. The third kappa shape index (κ3) is 3.44. The van der Waals surface area contributed by atoms with E-state index < -0.39 is 5.82 Å². The van der Waals surface area contributed by atoms with E-state index in [1.54, 1.807) is 0 Å². The maximum atomic E-state index is 13.1. The van der Waals surface area contributed by atoms with Crippen LogP contribution in [0.4, 0.5) is 4.39 Å². The van der Waals surface area contributed by atoms with Gasteiger partial charge in [0.05, 0.1) is 5.02 Å². The Morgan fingerprint density at radius 3 is 3.12 bits per heavy atom. The molecule has 1 N–H and O–H groups in total. The lowest BCUT2D eigenvalue weighted by Gasteiger charge is -2.22. The lowest BCUT2D eigenvalue weighted by atomic mass is 10.0. The van der Waals surface area contributed by atoms with Crippen LogP contribution in [0.25, 0.3) is 0 Å².